The summed E-state index contributed by atoms with van der Waals surface area (Å²) in [4.78, 5) is 78.2. The van der Waals surface area contributed by atoms with Crippen LogP contribution < -0.4 is 20.7 Å². The van der Waals surface area contributed by atoms with Gasteiger partial charge in [-0.3, -0.25) is 19.7 Å². The molecule has 0 unspecified atom stereocenters. The maximum absolute atomic E-state index is 13.4. The molecule has 0 bridgehead atoms. The van der Waals surface area contributed by atoms with Crippen molar-refractivity contribution in [3.63, 3.8) is 0 Å². The van der Waals surface area contributed by atoms with Gasteiger partial charge in [-0.25, -0.2) is 23.9 Å². The summed E-state index contributed by atoms with van der Waals surface area (Å²) >= 11 is 0. The van der Waals surface area contributed by atoms with Crippen molar-refractivity contribution in [2.45, 2.75) is 31.7 Å². The number of nitro benzene ring substituents is 1. The van der Waals surface area contributed by atoms with Crippen molar-refractivity contribution in [1.29, 1.82) is 0 Å². The third-order valence-corrected chi connectivity index (χ3v) is 6.85. The number of alkyl carbamates (subject to hydrolysis) is 1. The van der Waals surface area contributed by atoms with Crippen LogP contribution in [-0.4, -0.2) is 74.8 Å². The van der Waals surface area contributed by atoms with Crippen molar-refractivity contribution >= 4 is 35.7 Å². The van der Waals surface area contributed by atoms with Crippen molar-refractivity contribution in [2.75, 3.05) is 13.2 Å². The zero-order valence-electron chi connectivity index (χ0n) is 26.3. The molecular formula is C33H32N6O11. The molecule has 0 saturated carbocycles. The smallest absolute Gasteiger partial charge is 0.419 e. The van der Waals surface area contributed by atoms with Gasteiger partial charge in [-0.15, -0.1) is 0 Å². The lowest BCUT2D eigenvalue weighted by Gasteiger charge is -2.22. The average Bonchev–Trinajstić information content (AvgIpc) is 3.60. The van der Waals surface area contributed by atoms with Gasteiger partial charge in [0, 0.05) is 24.8 Å². The molecule has 0 aliphatic heterocycles. The molecule has 50 heavy (non-hydrogen) atoms. The highest BCUT2D eigenvalue weighted by Crippen LogP contribution is 2.17. The molecule has 17 heteroatoms. The van der Waals surface area contributed by atoms with Crippen molar-refractivity contribution in [1.82, 2.24) is 25.5 Å². The molecule has 3 amide bonds. The molecule has 3 aromatic carbocycles. The fourth-order valence-electron chi connectivity index (χ4n) is 4.30. The molecule has 0 aliphatic rings. The zero-order chi connectivity index (χ0) is 35.9. The van der Waals surface area contributed by atoms with Gasteiger partial charge in [0.25, 0.3) is 5.69 Å². The number of aliphatic hydroxyl groups excluding tert-OH is 1. The number of ether oxygens (including phenoxy) is 3. The monoisotopic (exact) mass is 688 g/mol. The van der Waals surface area contributed by atoms with E-state index in [0.29, 0.717) is 5.56 Å². The van der Waals surface area contributed by atoms with Gasteiger partial charge >= 0.3 is 18.2 Å². The van der Waals surface area contributed by atoms with Crippen molar-refractivity contribution in [3.8, 4) is 5.75 Å². The van der Waals surface area contributed by atoms with Crippen LogP contribution in [0.1, 0.15) is 16.8 Å². The van der Waals surface area contributed by atoms with Crippen LogP contribution in [0.25, 0.3) is 0 Å². The van der Waals surface area contributed by atoms with Crippen LogP contribution in [0, 0.1) is 10.1 Å². The summed E-state index contributed by atoms with van der Waals surface area (Å²) in [5.41, 5.74) is 1.34. The Hall–Kier alpha value is -6.62. The molecule has 4 N–H and O–H groups in total. The van der Waals surface area contributed by atoms with Crippen LogP contribution in [0.5, 0.6) is 5.75 Å². The number of nitrogens with zero attached hydrogens (tertiary/aromatic N) is 3. The van der Waals surface area contributed by atoms with E-state index in [1.807, 2.05) is 6.07 Å². The summed E-state index contributed by atoms with van der Waals surface area (Å²) in [5, 5.41) is 27.6. The molecule has 17 nitrogen and oxygen atoms in total. The van der Waals surface area contributed by atoms with Gasteiger partial charge in [0.2, 0.25) is 11.8 Å². The second kappa shape index (κ2) is 18.1. The average molecular weight is 689 g/mol. The first kappa shape index (κ1) is 36.2. The Morgan fingerprint density at radius 3 is 2.04 bits per heavy atom. The Labute approximate surface area is 284 Å². The number of hydrogen-bond donors (Lipinski definition) is 4. The standard InChI is InChI=1S/C33H32N6O11/c40-18-28(30(42)35-17-29(41)50-26-13-11-24(12-14-26)39(46)47)36-31(43)27(37-32(44)48-19-22-7-3-1-4-8-22)15-25-16-34-21-38(25)33(45)49-20-23-9-5-2-6-10-23/h1-14,16,21,27-28,40H,15,17-20H2,(H,35,42)(H,36,43)(H,37,44)/t27-,28-/m0/s1. The Kier molecular flexibility index (Phi) is 13.1. The SMILES string of the molecule is O=C(CNC(=O)[C@H](CO)NC(=O)[C@H](Cc1cncn1C(=O)OCc1ccccc1)NC(=O)OCc1ccccc1)Oc1ccc([N+](=O)[O-])cc1. The summed E-state index contributed by atoms with van der Waals surface area (Å²) in [6.45, 7) is -1.74. The van der Waals surface area contributed by atoms with Crippen LogP contribution in [0.2, 0.25) is 0 Å². The molecule has 2 atom stereocenters. The first-order valence-corrected chi connectivity index (χ1v) is 15.0. The largest absolute Gasteiger partial charge is 0.445 e. The molecule has 0 aliphatic carbocycles. The lowest BCUT2D eigenvalue weighted by atomic mass is 10.1. The van der Waals surface area contributed by atoms with Crippen LogP contribution in [0.3, 0.4) is 0 Å². The number of carbonyl (C=O) groups is 5. The van der Waals surface area contributed by atoms with Gasteiger partial charge in [-0.1, -0.05) is 60.7 Å². The summed E-state index contributed by atoms with van der Waals surface area (Å²) in [6.07, 6.45) is 0.332. The van der Waals surface area contributed by atoms with Crippen LogP contribution in [0.4, 0.5) is 15.3 Å². The molecule has 4 aromatic rings. The third-order valence-electron chi connectivity index (χ3n) is 6.85. The van der Waals surface area contributed by atoms with Crippen LogP contribution in [0.15, 0.2) is 97.5 Å². The Bertz CT molecular complexity index is 1780. The van der Waals surface area contributed by atoms with E-state index in [1.54, 1.807) is 54.6 Å². The van der Waals surface area contributed by atoms with Crippen molar-refractivity contribution in [3.05, 3.63) is 124 Å². The quantitative estimate of drug-likeness (QED) is 0.0608. The van der Waals surface area contributed by atoms with Crippen LogP contribution >= 0.6 is 0 Å². The van der Waals surface area contributed by atoms with E-state index in [1.165, 1.54) is 24.7 Å². The van der Waals surface area contributed by atoms with E-state index in [9.17, 15) is 39.2 Å². The molecule has 0 spiro atoms. The first-order chi connectivity index (χ1) is 24.1. The highest BCUT2D eigenvalue weighted by atomic mass is 16.6. The summed E-state index contributed by atoms with van der Waals surface area (Å²) < 4.78 is 16.7. The third kappa shape index (κ3) is 11.0. The molecular weight excluding hydrogens is 656 g/mol. The number of imidazole rings is 1. The van der Waals surface area contributed by atoms with E-state index in [4.69, 9.17) is 14.2 Å². The second-order valence-electron chi connectivity index (χ2n) is 10.4. The predicted molar refractivity (Wildman–Crippen MR) is 172 cm³/mol. The van der Waals surface area contributed by atoms with Gasteiger partial charge in [-0.2, -0.15) is 0 Å². The molecule has 1 heterocycles. The van der Waals surface area contributed by atoms with E-state index < -0.39 is 60.1 Å². The maximum Gasteiger partial charge on any atom is 0.419 e. The fraction of sp³-hybridized carbons (Fsp3) is 0.212. The lowest BCUT2D eigenvalue weighted by molar-refractivity contribution is -0.384. The summed E-state index contributed by atoms with van der Waals surface area (Å²) in [7, 11) is 0. The summed E-state index contributed by atoms with van der Waals surface area (Å²) in [6, 6.07) is 19.3. The van der Waals surface area contributed by atoms with E-state index >= 15 is 0 Å². The Morgan fingerprint density at radius 2 is 1.44 bits per heavy atom. The molecule has 260 valence electrons. The number of hydrogen-bond acceptors (Lipinski definition) is 12. The molecule has 0 radical (unpaired) electrons. The molecule has 4 rings (SSSR count). The normalized spacial score (nSPS) is 11.7. The number of non-ortho nitro benzene ring substituents is 1. The number of nitrogens with one attached hydrogen (secondary N) is 3. The highest BCUT2D eigenvalue weighted by Gasteiger charge is 2.29. The topological polar surface area (TPSA) is 230 Å². The van der Waals surface area contributed by atoms with Crippen molar-refractivity contribution in [2.24, 2.45) is 0 Å². The second-order valence-corrected chi connectivity index (χ2v) is 10.4. The Balaban J connectivity index is 1.40. The minimum atomic E-state index is -1.58. The van der Waals surface area contributed by atoms with Crippen LogP contribution in [-0.2, 0) is 43.5 Å². The number of benzene rings is 3. The number of carbonyl (C=O) groups excluding carboxylic acids is 5. The maximum atomic E-state index is 13.4. The Morgan fingerprint density at radius 1 is 0.820 bits per heavy atom. The number of esters is 1. The number of aromatic nitrogens is 2. The number of aliphatic hydroxyl groups is 1. The van der Waals surface area contributed by atoms with Gasteiger partial charge in [0.1, 0.15) is 43.9 Å². The van der Waals surface area contributed by atoms with Gasteiger partial charge < -0.3 is 35.3 Å². The van der Waals surface area contributed by atoms with E-state index in [-0.39, 0.29) is 36.8 Å². The van der Waals surface area contributed by atoms with Gasteiger partial charge in [0.15, 0.2) is 0 Å². The molecule has 0 fully saturated rings. The predicted octanol–water partition coefficient (Wildman–Crippen LogP) is 2.01. The lowest BCUT2D eigenvalue weighted by Crippen LogP contribution is -2.56. The van der Waals surface area contributed by atoms with Gasteiger partial charge in [0.05, 0.1) is 17.2 Å². The number of amides is 3. The zero-order valence-corrected chi connectivity index (χ0v) is 26.3. The number of rotatable bonds is 15. The fourth-order valence-corrected chi connectivity index (χ4v) is 4.30. The van der Waals surface area contributed by atoms with E-state index in [2.05, 4.69) is 20.9 Å². The minimum Gasteiger partial charge on any atom is -0.445 e. The van der Waals surface area contributed by atoms with E-state index in [0.717, 1.165) is 22.3 Å². The van der Waals surface area contributed by atoms with Crippen molar-refractivity contribution < 1.29 is 48.2 Å². The first-order valence-electron chi connectivity index (χ1n) is 15.0. The molecule has 0 saturated heterocycles. The summed E-state index contributed by atoms with van der Waals surface area (Å²) in [5.74, 6) is -2.88. The number of nitro groups is 1. The minimum absolute atomic E-state index is 0.0156. The molecule has 1 aromatic heterocycles. The highest BCUT2D eigenvalue weighted by molar-refractivity contribution is 5.92. The van der Waals surface area contributed by atoms with Gasteiger partial charge in [-0.05, 0) is 23.3 Å².